The fourth-order valence-electron chi connectivity index (χ4n) is 4.51. The fraction of sp³-hybridized carbons (Fsp3) is 0.148. The van der Waals surface area contributed by atoms with Gasteiger partial charge in [0.1, 0.15) is 11.8 Å². The van der Waals surface area contributed by atoms with Gasteiger partial charge in [-0.1, -0.05) is 23.7 Å². The van der Waals surface area contributed by atoms with Gasteiger partial charge in [-0.05, 0) is 72.9 Å². The van der Waals surface area contributed by atoms with Crippen LogP contribution in [0.25, 0.3) is 5.69 Å². The van der Waals surface area contributed by atoms with Crippen molar-refractivity contribution < 1.29 is 14.3 Å². The first-order chi connectivity index (χ1) is 17.5. The number of aromatic nitrogens is 2. The van der Waals surface area contributed by atoms with E-state index < -0.39 is 5.97 Å². The normalized spacial score (nSPS) is 17.1. The third-order valence-corrected chi connectivity index (χ3v) is 6.75. The summed E-state index contributed by atoms with van der Waals surface area (Å²) in [7, 11) is 2.95. The number of halogens is 1. The predicted octanol–water partition coefficient (Wildman–Crippen LogP) is 5.50. The van der Waals surface area contributed by atoms with Crippen molar-refractivity contribution in [3.63, 3.8) is 0 Å². The monoisotopic (exact) mass is 518 g/mol. The summed E-state index contributed by atoms with van der Waals surface area (Å²) < 4.78 is 12.3. The molecular formula is C27H23ClN4O3S. The topological polar surface area (TPSA) is 68.6 Å². The Balaban J connectivity index is 1.65. The zero-order valence-corrected chi connectivity index (χ0v) is 21.2. The van der Waals surface area contributed by atoms with Crippen molar-refractivity contribution in [3.8, 4) is 11.4 Å². The number of ether oxygens (including phenoxy) is 2. The van der Waals surface area contributed by atoms with Gasteiger partial charge in [-0.2, -0.15) is 0 Å². The second-order valence-electron chi connectivity index (χ2n) is 8.16. The zero-order chi connectivity index (χ0) is 25.2. The zero-order valence-electron chi connectivity index (χ0n) is 19.6. The highest BCUT2D eigenvalue weighted by molar-refractivity contribution is 7.80. The van der Waals surface area contributed by atoms with Crippen molar-refractivity contribution in [2.75, 3.05) is 19.1 Å². The van der Waals surface area contributed by atoms with E-state index in [1.165, 1.54) is 7.11 Å². The van der Waals surface area contributed by atoms with Crippen LogP contribution in [0.1, 0.15) is 33.8 Å². The van der Waals surface area contributed by atoms with Crippen LogP contribution in [0.3, 0.4) is 0 Å². The number of benzene rings is 2. The highest BCUT2D eigenvalue weighted by Gasteiger charge is 2.42. The third kappa shape index (κ3) is 4.29. The Hall–Kier alpha value is -3.88. The lowest BCUT2D eigenvalue weighted by Gasteiger charge is -2.29. The lowest BCUT2D eigenvalue weighted by atomic mass is 10.0. The summed E-state index contributed by atoms with van der Waals surface area (Å²) >= 11 is 12.3. The first-order valence-corrected chi connectivity index (χ1v) is 12.0. The molecule has 3 heterocycles. The van der Waals surface area contributed by atoms with Crippen LogP contribution in [0.2, 0.25) is 5.02 Å². The Morgan fingerprint density at radius 2 is 1.89 bits per heavy atom. The number of hydrogen-bond acceptors (Lipinski definition) is 5. The number of nitrogens with one attached hydrogen (secondary N) is 1. The van der Waals surface area contributed by atoms with E-state index in [1.54, 1.807) is 25.4 Å². The summed E-state index contributed by atoms with van der Waals surface area (Å²) in [5.74, 6) is 0.189. The minimum atomic E-state index is -0.393. The minimum absolute atomic E-state index is 0.239. The lowest BCUT2D eigenvalue weighted by Crippen LogP contribution is -2.30. The first-order valence-electron chi connectivity index (χ1n) is 11.2. The molecule has 0 radical (unpaired) electrons. The molecule has 1 saturated heterocycles. The first kappa shape index (κ1) is 23.8. The summed E-state index contributed by atoms with van der Waals surface area (Å²) in [5, 5.41) is 4.49. The van der Waals surface area contributed by atoms with E-state index >= 15 is 0 Å². The molecule has 1 fully saturated rings. The number of rotatable bonds is 6. The fourth-order valence-corrected chi connectivity index (χ4v) is 5.11. The number of anilines is 1. The van der Waals surface area contributed by atoms with Crippen LogP contribution in [0.4, 0.5) is 5.69 Å². The number of esters is 1. The largest absolute Gasteiger partial charge is 0.495 e. The standard InChI is InChI=1S/C27H23ClN4O3S/c1-34-23-12-11-19(16-20(23)28)32-25(24(30-27(32)36)21-9-3-4-13-29-21)22-10-6-14-31(22)18-8-5-7-17(15-18)26(33)35-2/h3-16,24-25H,1-2H3,(H,30,36)/t24-,25+/m0/s1. The van der Waals surface area contributed by atoms with E-state index in [4.69, 9.17) is 33.3 Å². The molecule has 2 aromatic carbocycles. The molecule has 4 aromatic rings. The van der Waals surface area contributed by atoms with E-state index in [0.29, 0.717) is 21.4 Å². The molecule has 7 nitrogen and oxygen atoms in total. The Labute approximate surface area is 219 Å². The summed E-state index contributed by atoms with van der Waals surface area (Å²) in [4.78, 5) is 18.8. The molecule has 1 aliphatic heterocycles. The molecule has 182 valence electrons. The number of carbonyl (C=O) groups is 1. The van der Waals surface area contributed by atoms with Gasteiger partial charge in [0.15, 0.2) is 5.11 Å². The average molecular weight is 519 g/mol. The summed E-state index contributed by atoms with van der Waals surface area (Å²) in [6.45, 7) is 0. The molecule has 36 heavy (non-hydrogen) atoms. The second-order valence-corrected chi connectivity index (χ2v) is 8.95. The maximum atomic E-state index is 12.2. The Morgan fingerprint density at radius 3 is 2.61 bits per heavy atom. The van der Waals surface area contributed by atoms with Crippen LogP contribution in [0.15, 0.2) is 85.2 Å². The lowest BCUT2D eigenvalue weighted by molar-refractivity contribution is 0.0600. The van der Waals surface area contributed by atoms with Crippen LogP contribution in [0.5, 0.6) is 5.75 Å². The van der Waals surface area contributed by atoms with Gasteiger partial charge in [-0.25, -0.2) is 4.79 Å². The van der Waals surface area contributed by atoms with Crippen molar-refractivity contribution in [1.29, 1.82) is 0 Å². The highest BCUT2D eigenvalue weighted by Crippen LogP contribution is 2.43. The SMILES string of the molecule is COC(=O)c1cccc(-n2cccc2[C@@H]2[C@H](c3ccccn3)NC(=S)N2c2ccc(OC)c(Cl)c2)c1. The molecule has 5 rings (SSSR count). The number of hydrogen-bond donors (Lipinski definition) is 1. The van der Waals surface area contributed by atoms with E-state index in [-0.39, 0.29) is 12.1 Å². The minimum Gasteiger partial charge on any atom is -0.495 e. The average Bonchev–Trinajstić information content (AvgIpc) is 3.53. The van der Waals surface area contributed by atoms with Crippen LogP contribution >= 0.6 is 23.8 Å². The maximum absolute atomic E-state index is 12.2. The molecular weight excluding hydrogens is 496 g/mol. The van der Waals surface area contributed by atoms with Crippen molar-refractivity contribution in [2.24, 2.45) is 0 Å². The van der Waals surface area contributed by atoms with E-state index in [9.17, 15) is 4.79 Å². The van der Waals surface area contributed by atoms with Crippen molar-refractivity contribution in [2.45, 2.75) is 12.1 Å². The van der Waals surface area contributed by atoms with Gasteiger partial charge in [0.25, 0.3) is 0 Å². The van der Waals surface area contributed by atoms with Crippen LogP contribution in [0, 0.1) is 0 Å². The quantitative estimate of drug-likeness (QED) is 0.267. The molecule has 0 unspecified atom stereocenters. The van der Waals surface area contributed by atoms with Crippen molar-refractivity contribution in [3.05, 3.63) is 107 Å². The Bertz CT molecular complexity index is 1430. The van der Waals surface area contributed by atoms with Gasteiger partial charge in [0, 0.05) is 29.5 Å². The number of thiocarbonyl (C=S) groups is 1. The van der Waals surface area contributed by atoms with Gasteiger partial charge in [-0.3, -0.25) is 4.98 Å². The molecule has 0 saturated carbocycles. The Morgan fingerprint density at radius 1 is 1.03 bits per heavy atom. The molecule has 0 spiro atoms. The number of nitrogens with zero attached hydrogens (tertiary/aromatic N) is 3. The van der Waals surface area contributed by atoms with E-state index in [0.717, 1.165) is 22.8 Å². The number of carbonyl (C=O) groups excluding carboxylic acids is 1. The highest BCUT2D eigenvalue weighted by atomic mass is 35.5. The number of pyridine rings is 1. The molecule has 1 N–H and O–H groups in total. The Kier molecular flexibility index (Phi) is 6.63. The van der Waals surface area contributed by atoms with Crippen molar-refractivity contribution in [1.82, 2.24) is 14.9 Å². The molecule has 0 bridgehead atoms. The molecule has 9 heteroatoms. The summed E-state index contributed by atoms with van der Waals surface area (Å²) in [5.41, 5.74) is 3.91. The van der Waals surface area contributed by atoms with Crippen LogP contribution < -0.4 is 15.0 Å². The van der Waals surface area contributed by atoms with Gasteiger partial charge >= 0.3 is 5.97 Å². The van der Waals surface area contributed by atoms with Crippen molar-refractivity contribution >= 4 is 40.6 Å². The smallest absolute Gasteiger partial charge is 0.337 e. The van der Waals surface area contributed by atoms with E-state index in [2.05, 4.69) is 10.3 Å². The second kappa shape index (κ2) is 10.0. The van der Waals surface area contributed by atoms with Gasteiger partial charge in [0.05, 0.1) is 36.5 Å². The molecule has 0 aliphatic carbocycles. The molecule has 1 aliphatic rings. The maximum Gasteiger partial charge on any atom is 0.337 e. The predicted molar refractivity (Wildman–Crippen MR) is 143 cm³/mol. The molecule has 2 atom stereocenters. The third-order valence-electron chi connectivity index (χ3n) is 6.14. The molecule has 2 aromatic heterocycles. The number of methoxy groups -OCH3 is 2. The summed E-state index contributed by atoms with van der Waals surface area (Å²) in [6.07, 6.45) is 3.73. The van der Waals surface area contributed by atoms with Crippen LogP contribution in [-0.2, 0) is 4.74 Å². The summed E-state index contributed by atoms with van der Waals surface area (Å²) in [6, 6.07) is 22.2. The van der Waals surface area contributed by atoms with E-state index in [1.807, 2.05) is 76.3 Å². The van der Waals surface area contributed by atoms with Gasteiger partial charge < -0.3 is 24.3 Å². The van der Waals surface area contributed by atoms with Gasteiger partial charge in [0.2, 0.25) is 0 Å². The van der Waals surface area contributed by atoms with Crippen LogP contribution in [-0.4, -0.2) is 34.9 Å². The molecule has 0 amide bonds. The van der Waals surface area contributed by atoms with Gasteiger partial charge in [-0.15, -0.1) is 0 Å².